The van der Waals surface area contributed by atoms with E-state index in [1.54, 1.807) is 4.90 Å². The normalized spacial score (nSPS) is 22.6. The van der Waals surface area contributed by atoms with Crippen molar-refractivity contribution in [3.63, 3.8) is 0 Å². The second kappa shape index (κ2) is 9.00. The minimum absolute atomic E-state index is 0.135. The first-order valence-corrected chi connectivity index (χ1v) is 9.42. The fraction of sp³-hybridized carbons (Fsp3) is 0.778. The van der Waals surface area contributed by atoms with Crippen molar-refractivity contribution in [2.24, 2.45) is 11.7 Å². The molecule has 0 aromatic carbocycles. The molecular weight excluding hydrogens is 336 g/mol. The van der Waals surface area contributed by atoms with Gasteiger partial charge in [-0.1, -0.05) is 32.1 Å². The minimum atomic E-state index is -0.793. The minimum Gasteiger partial charge on any atom is -0.368 e. The molecule has 1 aliphatic carbocycles. The molecule has 0 bridgehead atoms. The summed E-state index contributed by atoms with van der Waals surface area (Å²) >= 11 is 0. The van der Waals surface area contributed by atoms with E-state index in [0.717, 1.165) is 25.7 Å². The maximum Gasteiger partial charge on any atom is 0.245 e. The van der Waals surface area contributed by atoms with Gasteiger partial charge in [-0.05, 0) is 12.3 Å². The molecule has 2 atom stereocenters. The molecule has 2 unspecified atom stereocenters. The Hall–Kier alpha value is -2.12. The van der Waals surface area contributed by atoms with Gasteiger partial charge in [0.2, 0.25) is 23.6 Å². The molecule has 3 N–H and O–H groups in total. The predicted molar refractivity (Wildman–Crippen MR) is 95.7 cm³/mol. The third kappa shape index (κ3) is 5.19. The van der Waals surface area contributed by atoms with Crippen LogP contribution in [0.5, 0.6) is 0 Å². The third-order valence-corrected chi connectivity index (χ3v) is 5.49. The van der Waals surface area contributed by atoms with E-state index in [2.05, 4.69) is 5.32 Å². The van der Waals surface area contributed by atoms with Crippen molar-refractivity contribution in [2.75, 3.05) is 19.6 Å². The number of nitrogens with one attached hydrogen (secondary N) is 1. The number of nitrogens with zero attached hydrogens (tertiary/aromatic N) is 2. The Labute approximate surface area is 154 Å². The summed E-state index contributed by atoms with van der Waals surface area (Å²) in [4.78, 5) is 51.2. The fourth-order valence-electron chi connectivity index (χ4n) is 3.94. The van der Waals surface area contributed by atoms with Gasteiger partial charge in [0.15, 0.2) is 0 Å². The number of carbonyl (C=O) groups is 4. The zero-order valence-electron chi connectivity index (χ0n) is 15.7. The number of piperazine rings is 1. The van der Waals surface area contributed by atoms with Crippen LogP contribution in [-0.4, -0.2) is 65.1 Å². The van der Waals surface area contributed by atoms with Crippen molar-refractivity contribution in [1.29, 1.82) is 0 Å². The Morgan fingerprint density at radius 2 is 1.69 bits per heavy atom. The molecule has 4 amide bonds. The van der Waals surface area contributed by atoms with E-state index in [1.807, 2.05) is 0 Å². The summed E-state index contributed by atoms with van der Waals surface area (Å²) in [6.07, 6.45) is 6.10. The lowest BCUT2D eigenvalue weighted by atomic mass is 9.84. The smallest absolute Gasteiger partial charge is 0.245 e. The van der Waals surface area contributed by atoms with Crippen molar-refractivity contribution in [1.82, 2.24) is 15.1 Å². The molecule has 26 heavy (non-hydrogen) atoms. The Morgan fingerprint density at radius 1 is 1.04 bits per heavy atom. The number of rotatable bonds is 5. The van der Waals surface area contributed by atoms with Gasteiger partial charge < -0.3 is 20.9 Å². The molecule has 8 heteroatoms. The molecule has 2 fully saturated rings. The van der Waals surface area contributed by atoms with Crippen LogP contribution in [0.1, 0.15) is 52.4 Å². The molecular formula is C18H30N4O4. The lowest BCUT2D eigenvalue weighted by Gasteiger charge is -2.40. The average molecular weight is 366 g/mol. The van der Waals surface area contributed by atoms with Gasteiger partial charge in [0.1, 0.15) is 12.1 Å². The van der Waals surface area contributed by atoms with Gasteiger partial charge >= 0.3 is 0 Å². The third-order valence-electron chi connectivity index (χ3n) is 5.49. The second-order valence-electron chi connectivity index (χ2n) is 7.40. The maximum absolute atomic E-state index is 12.8. The van der Waals surface area contributed by atoms with Gasteiger partial charge in [-0.25, -0.2) is 0 Å². The van der Waals surface area contributed by atoms with Gasteiger partial charge in [-0.3, -0.25) is 19.2 Å². The molecule has 146 valence electrons. The molecule has 1 heterocycles. The van der Waals surface area contributed by atoms with Crippen molar-refractivity contribution in [2.45, 2.75) is 64.5 Å². The Morgan fingerprint density at radius 3 is 2.23 bits per heavy atom. The van der Waals surface area contributed by atoms with Crippen LogP contribution in [0.15, 0.2) is 0 Å². The van der Waals surface area contributed by atoms with Crippen LogP contribution in [-0.2, 0) is 19.2 Å². The highest BCUT2D eigenvalue weighted by molar-refractivity contribution is 5.92. The summed E-state index contributed by atoms with van der Waals surface area (Å²) in [5, 5.41) is 2.73. The van der Waals surface area contributed by atoms with Crippen LogP contribution >= 0.6 is 0 Å². The summed E-state index contributed by atoms with van der Waals surface area (Å²) in [6, 6.07) is -1.54. The van der Waals surface area contributed by atoms with Gasteiger partial charge in [0, 0.05) is 26.9 Å². The standard InChI is InChI=1S/C18H30N4O4/c1-12(23)21-8-9-22(13(2)24)16(11-21)18(26)20-15(17(19)25)10-14-6-4-3-5-7-14/h14-16H,3-11H2,1-2H3,(H2,19,25)(H,20,26). The molecule has 0 aromatic heterocycles. The molecule has 1 saturated carbocycles. The highest BCUT2D eigenvalue weighted by atomic mass is 16.2. The van der Waals surface area contributed by atoms with E-state index in [9.17, 15) is 19.2 Å². The van der Waals surface area contributed by atoms with Gasteiger partial charge in [-0.2, -0.15) is 0 Å². The number of primary amides is 1. The van der Waals surface area contributed by atoms with Gasteiger partial charge in [0.25, 0.3) is 0 Å². The van der Waals surface area contributed by atoms with Crippen LogP contribution in [0.3, 0.4) is 0 Å². The number of carbonyl (C=O) groups excluding carboxylic acids is 4. The molecule has 1 aliphatic heterocycles. The van der Waals surface area contributed by atoms with Crippen LogP contribution in [0.25, 0.3) is 0 Å². The Bertz CT molecular complexity index is 559. The average Bonchev–Trinajstić information content (AvgIpc) is 2.61. The number of amides is 4. The second-order valence-corrected chi connectivity index (χ2v) is 7.40. The van der Waals surface area contributed by atoms with Crippen LogP contribution in [0, 0.1) is 5.92 Å². The zero-order chi connectivity index (χ0) is 19.3. The first-order chi connectivity index (χ1) is 12.3. The molecule has 2 rings (SSSR count). The molecule has 8 nitrogen and oxygen atoms in total. The van der Waals surface area contributed by atoms with Crippen molar-refractivity contribution in [3.8, 4) is 0 Å². The van der Waals surface area contributed by atoms with Crippen molar-refractivity contribution < 1.29 is 19.2 Å². The first-order valence-electron chi connectivity index (χ1n) is 9.42. The lowest BCUT2D eigenvalue weighted by molar-refractivity contribution is -0.147. The maximum atomic E-state index is 12.8. The summed E-state index contributed by atoms with van der Waals surface area (Å²) in [7, 11) is 0. The molecule has 1 saturated heterocycles. The van der Waals surface area contributed by atoms with E-state index < -0.39 is 23.9 Å². The lowest BCUT2D eigenvalue weighted by Crippen LogP contribution is -2.62. The molecule has 0 spiro atoms. The van der Waals surface area contributed by atoms with Gasteiger partial charge in [0.05, 0.1) is 6.54 Å². The van der Waals surface area contributed by atoms with Crippen LogP contribution < -0.4 is 11.1 Å². The molecule has 2 aliphatic rings. The van der Waals surface area contributed by atoms with Crippen molar-refractivity contribution in [3.05, 3.63) is 0 Å². The largest absolute Gasteiger partial charge is 0.368 e. The zero-order valence-corrected chi connectivity index (χ0v) is 15.7. The summed E-state index contributed by atoms with van der Waals surface area (Å²) in [6.45, 7) is 3.68. The topological polar surface area (TPSA) is 113 Å². The van der Waals surface area contributed by atoms with Crippen molar-refractivity contribution >= 4 is 23.6 Å². The molecule has 0 aromatic rings. The SMILES string of the molecule is CC(=O)N1CCN(C(C)=O)C(C(=O)NC(CC2CCCCC2)C(N)=O)C1. The Kier molecular flexibility index (Phi) is 6.99. The Balaban J connectivity index is 2.05. The number of nitrogens with two attached hydrogens (primary N) is 1. The number of hydrogen-bond donors (Lipinski definition) is 2. The van der Waals surface area contributed by atoms with E-state index in [1.165, 1.54) is 25.2 Å². The summed E-state index contributed by atoms with van der Waals surface area (Å²) < 4.78 is 0. The predicted octanol–water partition coefficient (Wildman–Crippen LogP) is 0.00610. The van der Waals surface area contributed by atoms with Gasteiger partial charge in [-0.15, -0.1) is 0 Å². The van der Waals surface area contributed by atoms with Crippen LogP contribution in [0.4, 0.5) is 0 Å². The molecule has 0 radical (unpaired) electrons. The highest BCUT2D eigenvalue weighted by Gasteiger charge is 2.36. The highest BCUT2D eigenvalue weighted by Crippen LogP contribution is 2.27. The van der Waals surface area contributed by atoms with Crippen LogP contribution in [0.2, 0.25) is 0 Å². The fourth-order valence-corrected chi connectivity index (χ4v) is 3.94. The monoisotopic (exact) mass is 366 g/mol. The van der Waals surface area contributed by atoms with E-state index in [0.29, 0.717) is 25.4 Å². The quantitative estimate of drug-likeness (QED) is 0.713. The van der Waals surface area contributed by atoms with E-state index >= 15 is 0 Å². The summed E-state index contributed by atoms with van der Waals surface area (Å²) in [5.41, 5.74) is 5.50. The van der Waals surface area contributed by atoms with E-state index in [4.69, 9.17) is 5.73 Å². The number of hydrogen-bond acceptors (Lipinski definition) is 4. The van der Waals surface area contributed by atoms with E-state index in [-0.39, 0.29) is 18.4 Å². The first kappa shape index (κ1) is 20.2. The summed E-state index contributed by atoms with van der Waals surface area (Å²) in [5.74, 6) is -0.968.